The van der Waals surface area contributed by atoms with Crippen LogP contribution in [0.1, 0.15) is 51.7 Å². The number of nitrogens with one attached hydrogen (secondary N) is 2. The van der Waals surface area contributed by atoms with Gasteiger partial charge in [-0.2, -0.15) is 5.26 Å². The first-order chi connectivity index (χ1) is 13.2. The molecule has 0 spiro atoms. The number of rotatable bonds is 7. The molecule has 2 amide bonds. The van der Waals surface area contributed by atoms with Crippen molar-refractivity contribution >= 4 is 23.3 Å². The number of carbonyl (C=O) groups excluding carboxylic acids is 2. The van der Waals surface area contributed by atoms with Gasteiger partial charge in [0.15, 0.2) is 5.82 Å². The molecule has 0 bridgehead atoms. The summed E-state index contributed by atoms with van der Waals surface area (Å²) < 4.78 is 0. The predicted molar refractivity (Wildman–Crippen MR) is 110 cm³/mol. The Bertz CT molecular complexity index is 883. The molecule has 6 heteroatoms. The molecule has 0 saturated heterocycles. The fourth-order valence-corrected chi connectivity index (χ4v) is 3.01. The van der Waals surface area contributed by atoms with Gasteiger partial charge in [-0.15, -0.1) is 0 Å². The molecule has 0 atom stereocenters. The minimum absolute atomic E-state index is 0.151. The highest BCUT2D eigenvalue weighted by Gasteiger charge is 2.29. The summed E-state index contributed by atoms with van der Waals surface area (Å²) in [5.74, 6) is 0.104. The molecule has 0 unspecified atom stereocenters. The summed E-state index contributed by atoms with van der Waals surface area (Å²) in [6.45, 7) is 7.69. The van der Waals surface area contributed by atoms with E-state index in [1.54, 1.807) is 12.3 Å². The van der Waals surface area contributed by atoms with Crippen molar-refractivity contribution in [2.24, 2.45) is 5.92 Å². The third-order valence-corrected chi connectivity index (χ3v) is 4.30. The van der Waals surface area contributed by atoms with Crippen LogP contribution >= 0.6 is 0 Å². The number of carbonyl (C=O) groups is 2. The average Bonchev–Trinajstić information content (AvgIpc) is 2.61. The van der Waals surface area contributed by atoms with Gasteiger partial charge in [-0.3, -0.25) is 9.59 Å². The molecule has 2 N–H and O–H groups in total. The van der Waals surface area contributed by atoms with Gasteiger partial charge in [0.05, 0.1) is 5.56 Å². The normalized spacial score (nSPS) is 11.0. The van der Waals surface area contributed by atoms with Gasteiger partial charge >= 0.3 is 0 Å². The average molecular weight is 378 g/mol. The van der Waals surface area contributed by atoms with Crippen LogP contribution in [-0.2, 0) is 15.0 Å². The highest BCUT2D eigenvalue weighted by Crippen LogP contribution is 2.32. The molecule has 0 fully saturated rings. The van der Waals surface area contributed by atoms with Crippen molar-refractivity contribution in [3.05, 3.63) is 53.7 Å². The summed E-state index contributed by atoms with van der Waals surface area (Å²) in [5.41, 5.74) is 1.06. The van der Waals surface area contributed by atoms with Crippen molar-refractivity contribution in [3.8, 4) is 6.07 Å². The predicted octanol–water partition coefficient (Wildman–Crippen LogP) is 4.24. The SMILES string of the molecule is CC(C)CC(=O)Nc1nccc(C(C)(C)CC(=O)Nc2ccccc2)c1C#N. The highest BCUT2D eigenvalue weighted by molar-refractivity contribution is 5.92. The van der Waals surface area contributed by atoms with E-state index in [2.05, 4.69) is 21.7 Å². The molecule has 0 radical (unpaired) electrons. The molecule has 1 heterocycles. The van der Waals surface area contributed by atoms with Crippen molar-refractivity contribution in [2.75, 3.05) is 10.6 Å². The zero-order chi connectivity index (χ0) is 20.7. The maximum absolute atomic E-state index is 12.5. The van der Waals surface area contributed by atoms with E-state index in [0.717, 1.165) is 5.69 Å². The molecule has 2 aromatic rings. The Labute approximate surface area is 166 Å². The van der Waals surface area contributed by atoms with Gasteiger partial charge in [-0.05, 0) is 35.1 Å². The monoisotopic (exact) mass is 378 g/mol. The fraction of sp³-hybridized carbons (Fsp3) is 0.364. The summed E-state index contributed by atoms with van der Waals surface area (Å²) in [4.78, 5) is 28.8. The highest BCUT2D eigenvalue weighted by atomic mass is 16.2. The van der Waals surface area contributed by atoms with E-state index < -0.39 is 5.41 Å². The number of aromatic nitrogens is 1. The third kappa shape index (κ3) is 5.65. The summed E-state index contributed by atoms with van der Waals surface area (Å²) >= 11 is 0. The van der Waals surface area contributed by atoms with Gasteiger partial charge in [0.25, 0.3) is 0 Å². The second-order valence-electron chi connectivity index (χ2n) is 7.81. The van der Waals surface area contributed by atoms with Gasteiger partial charge < -0.3 is 10.6 Å². The lowest BCUT2D eigenvalue weighted by atomic mass is 9.79. The van der Waals surface area contributed by atoms with Gasteiger partial charge in [-0.25, -0.2) is 4.98 Å². The summed E-state index contributed by atoms with van der Waals surface area (Å²) in [6.07, 6.45) is 2.08. The number of para-hydroxylation sites is 1. The van der Waals surface area contributed by atoms with E-state index in [1.807, 2.05) is 58.0 Å². The molecule has 2 rings (SSSR count). The number of benzene rings is 1. The van der Waals surface area contributed by atoms with Crippen molar-refractivity contribution in [2.45, 2.75) is 46.0 Å². The van der Waals surface area contributed by atoms with Crippen LogP contribution in [-0.4, -0.2) is 16.8 Å². The minimum atomic E-state index is -0.621. The summed E-state index contributed by atoms with van der Waals surface area (Å²) in [7, 11) is 0. The molecule has 0 aliphatic rings. The quantitative estimate of drug-likeness (QED) is 0.753. The molecule has 1 aromatic heterocycles. The Balaban J connectivity index is 2.22. The number of hydrogen-bond acceptors (Lipinski definition) is 4. The second-order valence-corrected chi connectivity index (χ2v) is 7.81. The minimum Gasteiger partial charge on any atom is -0.326 e. The van der Waals surface area contributed by atoms with Crippen molar-refractivity contribution < 1.29 is 9.59 Å². The Morgan fingerprint density at radius 3 is 2.39 bits per heavy atom. The lowest BCUT2D eigenvalue weighted by Gasteiger charge is -2.26. The van der Waals surface area contributed by atoms with Crippen LogP contribution in [0.5, 0.6) is 0 Å². The largest absolute Gasteiger partial charge is 0.326 e. The fourth-order valence-electron chi connectivity index (χ4n) is 3.01. The van der Waals surface area contributed by atoms with Crippen LogP contribution in [0.15, 0.2) is 42.6 Å². The van der Waals surface area contributed by atoms with Crippen molar-refractivity contribution in [1.82, 2.24) is 4.98 Å². The summed E-state index contributed by atoms with van der Waals surface area (Å²) in [6, 6.07) is 13.1. The zero-order valence-corrected chi connectivity index (χ0v) is 16.7. The van der Waals surface area contributed by atoms with Crippen molar-refractivity contribution in [3.63, 3.8) is 0 Å². The Morgan fingerprint density at radius 2 is 1.79 bits per heavy atom. The number of pyridine rings is 1. The third-order valence-electron chi connectivity index (χ3n) is 4.30. The molecule has 1 aromatic carbocycles. The molecule has 146 valence electrons. The van der Waals surface area contributed by atoms with Crippen LogP contribution in [0.25, 0.3) is 0 Å². The van der Waals surface area contributed by atoms with Crippen LogP contribution in [0.2, 0.25) is 0 Å². The van der Waals surface area contributed by atoms with E-state index >= 15 is 0 Å². The lowest BCUT2D eigenvalue weighted by molar-refractivity contribution is -0.118. The molecular weight excluding hydrogens is 352 g/mol. The van der Waals surface area contributed by atoms with E-state index in [0.29, 0.717) is 12.0 Å². The van der Waals surface area contributed by atoms with E-state index in [9.17, 15) is 14.9 Å². The number of hydrogen-bond donors (Lipinski definition) is 2. The van der Waals surface area contributed by atoms with Gasteiger partial charge in [0.2, 0.25) is 11.8 Å². The maximum Gasteiger partial charge on any atom is 0.225 e. The summed E-state index contributed by atoms with van der Waals surface area (Å²) in [5, 5.41) is 15.3. The second kappa shape index (κ2) is 9.14. The topological polar surface area (TPSA) is 94.9 Å². The standard InChI is InChI=1S/C22H26N4O2/c1-15(2)12-19(27)26-21-17(14-23)18(10-11-24-21)22(3,4)13-20(28)25-16-8-6-5-7-9-16/h5-11,15H,12-13H2,1-4H3,(H,25,28)(H,24,26,27). The van der Waals surface area contributed by atoms with Crippen molar-refractivity contribution in [1.29, 1.82) is 5.26 Å². The van der Waals surface area contributed by atoms with Crippen LogP contribution < -0.4 is 10.6 Å². The molecule has 0 saturated carbocycles. The Hall–Kier alpha value is -3.20. The van der Waals surface area contributed by atoms with E-state index in [1.165, 1.54) is 0 Å². The smallest absolute Gasteiger partial charge is 0.225 e. The molecule has 0 aliphatic heterocycles. The van der Waals surface area contributed by atoms with E-state index in [4.69, 9.17) is 0 Å². The Kier molecular flexibility index (Phi) is 6.89. The number of anilines is 2. The Morgan fingerprint density at radius 1 is 1.11 bits per heavy atom. The first-order valence-corrected chi connectivity index (χ1v) is 9.27. The van der Waals surface area contributed by atoms with Crippen LogP contribution in [0, 0.1) is 17.2 Å². The maximum atomic E-state index is 12.5. The van der Waals surface area contributed by atoms with Crippen LogP contribution in [0.4, 0.5) is 11.5 Å². The first kappa shape index (κ1) is 21.1. The first-order valence-electron chi connectivity index (χ1n) is 9.27. The van der Waals surface area contributed by atoms with Crippen LogP contribution in [0.3, 0.4) is 0 Å². The van der Waals surface area contributed by atoms with Gasteiger partial charge in [0.1, 0.15) is 6.07 Å². The number of nitrogens with zero attached hydrogens (tertiary/aromatic N) is 2. The molecule has 6 nitrogen and oxygen atoms in total. The van der Waals surface area contributed by atoms with Gasteiger partial charge in [0, 0.05) is 24.7 Å². The lowest BCUT2D eigenvalue weighted by Crippen LogP contribution is -2.27. The number of nitriles is 1. The zero-order valence-electron chi connectivity index (χ0n) is 16.7. The van der Waals surface area contributed by atoms with Gasteiger partial charge in [-0.1, -0.05) is 45.9 Å². The molecular formula is C22H26N4O2. The molecule has 0 aliphatic carbocycles. The van der Waals surface area contributed by atoms with E-state index in [-0.39, 0.29) is 35.5 Å². The molecule has 28 heavy (non-hydrogen) atoms. The number of amides is 2.